The van der Waals surface area contributed by atoms with Crippen molar-refractivity contribution in [2.24, 2.45) is 0 Å². The molecular weight excluding hydrogens is 238 g/mol. The van der Waals surface area contributed by atoms with Gasteiger partial charge in [-0.15, -0.1) is 0 Å². The Bertz CT molecular complexity index is 547. The second kappa shape index (κ2) is 5.40. The number of nitrogens with zero attached hydrogens (tertiary/aromatic N) is 2. The van der Waals surface area contributed by atoms with Gasteiger partial charge in [-0.3, -0.25) is 0 Å². The van der Waals surface area contributed by atoms with Gasteiger partial charge >= 0.3 is 0 Å². The SMILES string of the molecule is Cc1nc2c(c(NCCc3ccc[nH]3)n1)CNCC2. The number of aryl methyl sites for hydroxylation is 1. The summed E-state index contributed by atoms with van der Waals surface area (Å²) in [5, 5.41) is 6.82. The summed E-state index contributed by atoms with van der Waals surface area (Å²) in [4.78, 5) is 12.3. The third-order valence-corrected chi connectivity index (χ3v) is 3.39. The van der Waals surface area contributed by atoms with Gasteiger partial charge in [-0.25, -0.2) is 9.97 Å². The van der Waals surface area contributed by atoms with Gasteiger partial charge < -0.3 is 15.6 Å². The molecule has 0 atom stereocenters. The molecule has 0 aromatic carbocycles. The number of hydrogen-bond acceptors (Lipinski definition) is 4. The van der Waals surface area contributed by atoms with Gasteiger partial charge in [0, 0.05) is 49.9 Å². The highest BCUT2D eigenvalue weighted by atomic mass is 15.1. The Kier molecular flexibility index (Phi) is 3.46. The van der Waals surface area contributed by atoms with E-state index in [2.05, 4.69) is 31.7 Å². The first-order chi connectivity index (χ1) is 9.33. The van der Waals surface area contributed by atoms with Crippen molar-refractivity contribution in [1.29, 1.82) is 0 Å². The van der Waals surface area contributed by atoms with Gasteiger partial charge in [-0.1, -0.05) is 0 Å². The lowest BCUT2D eigenvalue weighted by molar-refractivity contribution is 0.624. The van der Waals surface area contributed by atoms with Crippen LogP contribution in [-0.4, -0.2) is 28.0 Å². The van der Waals surface area contributed by atoms with Gasteiger partial charge in [-0.2, -0.15) is 0 Å². The standard InChI is InChI=1S/C14H19N5/c1-10-18-13-5-7-15-9-12(13)14(19-10)17-8-4-11-3-2-6-16-11/h2-3,6,15-16H,4-5,7-9H2,1H3,(H,17,18,19). The Hall–Kier alpha value is -1.88. The van der Waals surface area contributed by atoms with Crippen LogP contribution in [0.4, 0.5) is 5.82 Å². The Morgan fingerprint density at radius 2 is 2.32 bits per heavy atom. The van der Waals surface area contributed by atoms with Crippen LogP contribution in [0.1, 0.15) is 22.8 Å². The van der Waals surface area contributed by atoms with Crippen molar-refractivity contribution < 1.29 is 0 Å². The smallest absolute Gasteiger partial charge is 0.134 e. The highest BCUT2D eigenvalue weighted by Gasteiger charge is 2.16. The molecule has 1 aliphatic rings. The number of fused-ring (bicyclic) bond motifs is 1. The van der Waals surface area contributed by atoms with E-state index in [1.807, 2.05) is 19.2 Å². The molecule has 0 radical (unpaired) electrons. The minimum Gasteiger partial charge on any atom is -0.369 e. The van der Waals surface area contributed by atoms with Crippen molar-refractivity contribution in [2.75, 3.05) is 18.4 Å². The van der Waals surface area contributed by atoms with Crippen LogP contribution in [0.3, 0.4) is 0 Å². The van der Waals surface area contributed by atoms with Crippen LogP contribution in [0.15, 0.2) is 18.3 Å². The second-order valence-electron chi connectivity index (χ2n) is 4.84. The van der Waals surface area contributed by atoms with E-state index >= 15 is 0 Å². The van der Waals surface area contributed by atoms with Gasteiger partial charge in [0.2, 0.25) is 0 Å². The molecule has 5 nitrogen and oxygen atoms in total. The van der Waals surface area contributed by atoms with Crippen LogP contribution in [0.2, 0.25) is 0 Å². The molecule has 1 aliphatic heterocycles. The minimum atomic E-state index is 0.850. The third-order valence-electron chi connectivity index (χ3n) is 3.39. The fraction of sp³-hybridized carbons (Fsp3) is 0.429. The molecule has 0 fully saturated rings. The Labute approximate surface area is 112 Å². The summed E-state index contributed by atoms with van der Waals surface area (Å²) in [5.74, 6) is 1.84. The fourth-order valence-corrected chi connectivity index (χ4v) is 2.45. The van der Waals surface area contributed by atoms with Gasteiger partial charge in [0.1, 0.15) is 11.6 Å². The molecule has 100 valence electrons. The van der Waals surface area contributed by atoms with E-state index in [-0.39, 0.29) is 0 Å². The zero-order chi connectivity index (χ0) is 13.1. The summed E-state index contributed by atoms with van der Waals surface area (Å²) in [5.41, 5.74) is 3.65. The zero-order valence-electron chi connectivity index (χ0n) is 11.2. The number of nitrogens with one attached hydrogen (secondary N) is 3. The number of H-pyrrole nitrogens is 1. The lowest BCUT2D eigenvalue weighted by atomic mass is 10.1. The summed E-state index contributed by atoms with van der Waals surface area (Å²) in [6, 6.07) is 4.12. The second-order valence-corrected chi connectivity index (χ2v) is 4.84. The van der Waals surface area contributed by atoms with Crippen LogP contribution in [-0.2, 0) is 19.4 Å². The number of rotatable bonds is 4. The largest absolute Gasteiger partial charge is 0.369 e. The normalized spacial score (nSPS) is 14.2. The lowest BCUT2D eigenvalue weighted by Crippen LogP contribution is -2.27. The third kappa shape index (κ3) is 2.76. The first-order valence-corrected chi connectivity index (χ1v) is 6.76. The highest BCUT2D eigenvalue weighted by Crippen LogP contribution is 2.19. The molecule has 3 rings (SSSR count). The van der Waals surface area contributed by atoms with Crippen molar-refractivity contribution in [1.82, 2.24) is 20.3 Å². The summed E-state index contributed by atoms with van der Waals surface area (Å²) < 4.78 is 0. The monoisotopic (exact) mass is 257 g/mol. The van der Waals surface area contributed by atoms with Gasteiger partial charge in [-0.05, 0) is 19.1 Å². The molecule has 3 N–H and O–H groups in total. The van der Waals surface area contributed by atoms with Crippen LogP contribution >= 0.6 is 0 Å². The summed E-state index contributed by atoms with van der Waals surface area (Å²) >= 11 is 0. The maximum atomic E-state index is 4.54. The average molecular weight is 257 g/mol. The van der Waals surface area contributed by atoms with E-state index in [0.29, 0.717) is 0 Å². The minimum absolute atomic E-state index is 0.850. The van der Waals surface area contributed by atoms with E-state index in [1.165, 1.54) is 17.0 Å². The van der Waals surface area contributed by atoms with Gasteiger partial charge in [0.25, 0.3) is 0 Å². The van der Waals surface area contributed by atoms with Crippen molar-refractivity contribution in [3.8, 4) is 0 Å². The zero-order valence-corrected chi connectivity index (χ0v) is 11.2. The quantitative estimate of drug-likeness (QED) is 0.775. The van der Waals surface area contributed by atoms with Crippen molar-refractivity contribution in [2.45, 2.75) is 26.3 Å². The molecule has 5 heteroatoms. The molecule has 0 unspecified atom stereocenters. The van der Waals surface area contributed by atoms with Crippen LogP contribution in [0.25, 0.3) is 0 Å². The molecule has 2 aromatic rings. The average Bonchev–Trinajstić information content (AvgIpc) is 2.91. The summed E-state index contributed by atoms with van der Waals surface area (Å²) in [6.07, 6.45) is 3.91. The Morgan fingerprint density at radius 1 is 1.37 bits per heavy atom. The Morgan fingerprint density at radius 3 is 3.16 bits per heavy atom. The van der Waals surface area contributed by atoms with E-state index in [1.54, 1.807) is 0 Å². The molecule has 0 spiro atoms. The predicted octanol–water partition coefficient (Wildman–Crippen LogP) is 1.41. The highest BCUT2D eigenvalue weighted by molar-refractivity contribution is 5.47. The maximum Gasteiger partial charge on any atom is 0.134 e. The lowest BCUT2D eigenvalue weighted by Gasteiger charge is -2.20. The Balaban J connectivity index is 1.71. The molecule has 0 bridgehead atoms. The van der Waals surface area contributed by atoms with Crippen molar-refractivity contribution >= 4 is 5.82 Å². The topological polar surface area (TPSA) is 65.6 Å². The summed E-state index contributed by atoms with van der Waals surface area (Å²) in [7, 11) is 0. The van der Waals surface area contributed by atoms with E-state index in [4.69, 9.17) is 0 Å². The molecule has 0 saturated heterocycles. The van der Waals surface area contributed by atoms with Crippen molar-refractivity contribution in [3.63, 3.8) is 0 Å². The first-order valence-electron chi connectivity index (χ1n) is 6.76. The van der Waals surface area contributed by atoms with Crippen molar-refractivity contribution in [3.05, 3.63) is 41.1 Å². The predicted molar refractivity (Wildman–Crippen MR) is 75.2 cm³/mol. The molecule has 0 amide bonds. The van der Waals surface area contributed by atoms with Crippen LogP contribution in [0, 0.1) is 6.92 Å². The summed E-state index contributed by atoms with van der Waals surface area (Å²) in [6.45, 7) is 4.70. The fourth-order valence-electron chi connectivity index (χ4n) is 2.45. The molecule has 19 heavy (non-hydrogen) atoms. The molecular formula is C14H19N5. The number of aromatic nitrogens is 3. The molecule has 0 saturated carbocycles. The molecule has 3 heterocycles. The maximum absolute atomic E-state index is 4.54. The van der Waals surface area contributed by atoms with Gasteiger partial charge in [0.05, 0.1) is 5.69 Å². The van der Waals surface area contributed by atoms with E-state index in [0.717, 1.165) is 44.1 Å². The van der Waals surface area contributed by atoms with Crippen LogP contribution in [0.5, 0.6) is 0 Å². The van der Waals surface area contributed by atoms with Crippen LogP contribution < -0.4 is 10.6 Å². The van der Waals surface area contributed by atoms with E-state index < -0.39 is 0 Å². The number of anilines is 1. The number of hydrogen-bond donors (Lipinski definition) is 3. The number of aromatic amines is 1. The van der Waals surface area contributed by atoms with Gasteiger partial charge in [0.15, 0.2) is 0 Å². The molecule has 2 aromatic heterocycles. The molecule has 0 aliphatic carbocycles. The van der Waals surface area contributed by atoms with E-state index in [9.17, 15) is 0 Å². The first kappa shape index (κ1) is 12.2.